The van der Waals surface area contributed by atoms with E-state index in [1.165, 1.54) is 20.2 Å². The Morgan fingerprint density at radius 3 is 2.62 bits per heavy atom. The van der Waals surface area contributed by atoms with Gasteiger partial charge in [0.1, 0.15) is 5.69 Å². The zero-order chi connectivity index (χ0) is 24.1. The van der Waals surface area contributed by atoms with Gasteiger partial charge in [-0.2, -0.15) is 9.78 Å². The van der Waals surface area contributed by atoms with Crippen molar-refractivity contribution in [3.8, 4) is 28.6 Å². The number of rotatable bonds is 7. The fraction of sp³-hybridized carbons (Fsp3) is 0.0952. The average Bonchev–Trinajstić information content (AvgIpc) is 3.46. The van der Waals surface area contributed by atoms with Crippen LogP contribution in [0, 0.1) is 0 Å². The standard InChI is InChI=1S/C21H18N8O5/c1-12(30)33-15-9-8-13(10-16(15)32-2)11-23-25-21(31)18-17(14-6-4-3-5-7-14)24-28-29(18)20-19(22)26-34-27-20/h3-11H,1-2H3,(H2,22,26)(H,25,31)/b23-11+. The van der Waals surface area contributed by atoms with E-state index in [1.54, 1.807) is 42.5 Å². The lowest BCUT2D eigenvalue weighted by Crippen LogP contribution is -2.22. The maximum Gasteiger partial charge on any atom is 0.308 e. The number of hydrogen-bond donors (Lipinski definition) is 2. The highest BCUT2D eigenvalue weighted by molar-refractivity contribution is 5.99. The second-order valence-electron chi connectivity index (χ2n) is 6.74. The smallest absolute Gasteiger partial charge is 0.308 e. The topological polar surface area (TPSA) is 173 Å². The van der Waals surface area contributed by atoms with Crippen LogP contribution in [0.25, 0.3) is 17.1 Å². The Kier molecular flexibility index (Phi) is 6.25. The quantitative estimate of drug-likeness (QED) is 0.178. The molecule has 3 N–H and O–H groups in total. The van der Waals surface area contributed by atoms with Gasteiger partial charge >= 0.3 is 5.97 Å². The first-order valence-electron chi connectivity index (χ1n) is 9.77. The molecule has 0 fully saturated rings. The minimum atomic E-state index is -0.633. The summed E-state index contributed by atoms with van der Waals surface area (Å²) in [5, 5.41) is 19.3. The number of benzene rings is 2. The number of aromatic nitrogens is 5. The number of nitrogens with two attached hydrogens (primary N) is 1. The number of nitrogens with zero attached hydrogens (tertiary/aromatic N) is 6. The third-order valence-corrected chi connectivity index (χ3v) is 4.45. The van der Waals surface area contributed by atoms with Gasteiger partial charge in [0.25, 0.3) is 5.91 Å². The summed E-state index contributed by atoms with van der Waals surface area (Å²) in [6.07, 6.45) is 1.39. The lowest BCUT2D eigenvalue weighted by molar-refractivity contribution is -0.132. The molecule has 0 saturated carbocycles. The van der Waals surface area contributed by atoms with Crippen molar-refractivity contribution in [2.24, 2.45) is 5.10 Å². The van der Waals surface area contributed by atoms with Crippen LogP contribution in [0.2, 0.25) is 0 Å². The monoisotopic (exact) mass is 462 g/mol. The number of nitrogen functional groups attached to an aromatic ring is 1. The molecule has 13 heteroatoms. The molecule has 34 heavy (non-hydrogen) atoms. The molecule has 4 aromatic rings. The van der Waals surface area contributed by atoms with Crippen LogP contribution in [-0.4, -0.2) is 50.5 Å². The van der Waals surface area contributed by atoms with Crippen molar-refractivity contribution < 1.29 is 23.7 Å². The first kappa shape index (κ1) is 22.1. The van der Waals surface area contributed by atoms with Crippen LogP contribution in [-0.2, 0) is 4.79 Å². The van der Waals surface area contributed by atoms with Crippen LogP contribution in [0.4, 0.5) is 5.82 Å². The minimum Gasteiger partial charge on any atom is -0.493 e. The van der Waals surface area contributed by atoms with Crippen molar-refractivity contribution >= 4 is 23.9 Å². The number of carbonyl (C=O) groups excluding carboxylic acids is 2. The first-order chi connectivity index (χ1) is 16.5. The summed E-state index contributed by atoms with van der Waals surface area (Å²) in [7, 11) is 1.44. The second-order valence-corrected chi connectivity index (χ2v) is 6.74. The molecular formula is C21H18N8O5. The van der Waals surface area contributed by atoms with Gasteiger partial charge in [-0.1, -0.05) is 35.5 Å². The molecule has 0 bridgehead atoms. The number of amides is 1. The van der Waals surface area contributed by atoms with Crippen molar-refractivity contribution in [2.75, 3.05) is 12.8 Å². The third-order valence-electron chi connectivity index (χ3n) is 4.45. The second kappa shape index (κ2) is 9.60. The molecule has 0 aliphatic carbocycles. The summed E-state index contributed by atoms with van der Waals surface area (Å²) in [6, 6.07) is 13.8. The molecule has 0 spiro atoms. The van der Waals surface area contributed by atoms with Crippen molar-refractivity contribution in [3.63, 3.8) is 0 Å². The largest absolute Gasteiger partial charge is 0.493 e. The van der Waals surface area contributed by atoms with E-state index >= 15 is 0 Å². The normalized spacial score (nSPS) is 10.9. The zero-order valence-electron chi connectivity index (χ0n) is 18.0. The van der Waals surface area contributed by atoms with Gasteiger partial charge < -0.3 is 15.2 Å². The summed E-state index contributed by atoms with van der Waals surface area (Å²) in [5.41, 5.74) is 9.73. The van der Waals surface area contributed by atoms with Crippen LogP contribution in [0.5, 0.6) is 11.5 Å². The molecular weight excluding hydrogens is 444 g/mol. The number of esters is 1. The molecule has 0 aliphatic rings. The van der Waals surface area contributed by atoms with Gasteiger partial charge in [-0.25, -0.2) is 10.1 Å². The Balaban J connectivity index is 1.62. The predicted octanol–water partition coefficient (Wildman–Crippen LogP) is 1.60. The van der Waals surface area contributed by atoms with E-state index < -0.39 is 11.9 Å². The number of nitrogens with one attached hydrogen (secondary N) is 1. The van der Waals surface area contributed by atoms with Gasteiger partial charge in [-0.15, -0.1) is 5.10 Å². The Bertz CT molecular complexity index is 1360. The van der Waals surface area contributed by atoms with Crippen molar-refractivity contribution in [3.05, 3.63) is 59.8 Å². The van der Waals surface area contributed by atoms with Gasteiger partial charge in [-0.3, -0.25) is 9.59 Å². The van der Waals surface area contributed by atoms with E-state index in [0.717, 1.165) is 4.68 Å². The number of methoxy groups -OCH3 is 1. The number of anilines is 1. The molecule has 13 nitrogen and oxygen atoms in total. The lowest BCUT2D eigenvalue weighted by Gasteiger charge is -2.08. The molecule has 172 valence electrons. The van der Waals surface area contributed by atoms with Crippen molar-refractivity contribution in [1.29, 1.82) is 0 Å². The van der Waals surface area contributed by atoms with Gasteiger partial charge in [0.05, 0.1) is 13.3 Å². The summed E-state index contributed by atoms with van der Waals surface area (Å²) < 4.78 is 16.0. The molecule has 4 rings (SSSR count). The van der Waals surface area contributed by atoms with Gasteiger partial charge in [0.15, 0.2) is 17.2 Å². The first-order valence-corrected chi connectivity index (χ1v) is 9.77. The summed E-state index contributed by atoms with van der Waals surface area (Å²) in [5.74, 6) is -0.581. The van der Waals surface area contributed by atoms with E-state index in [4.69, 9.17) is 15.2 Å². The van der Waals surface area contributed by atoms with Crippen LogP contribution in [0.3, 0.4) is 0 Å². The van der Waals surface area contributed by atoms with Gasteiger partial charge in [0, 0.05) is 12.5 Å². The van der Waals surface area contributed by atoms with Crippen LogP contribution < -0.4 is 20.6 Å². The van der Waals surface area contributed by atoms with E-state index in [1.807, 2.05) is 6.07 Å². The lowest BCUT2D eigenvalue weighted by atomic mass is 10.1. The molecule has 0 unspecified atom stereocenters. The molecule has 0 saturated heterocycles. The average molecular weight is 462 g/mol. The highest BCUT2D eigenvalue weighted by Crippen LogP contribution is 2.28. The number of ether oxygens (including phenoxy) is 2. The fourth-order valence-corrected chi connectivity index (χ4v) is 2.98. The zero-order valence-corrected chi connectivity index (χ0v) is 18.0. The number of carbonyl (C=O) groups is 2. The third kappa shape index (κ3) is 4.57. The predicted molar refractivity (Wildman–Crippen MR) is 118 cm³/mol. The van der Waals surface area contributed by atoms with Gasteiger partial charge in [-0.05, 0) is 34.1 Å². The van der Waals surface area contributed by atoms with E-state index in [9.17, 15) is 9.59 Å². The Morgan fingerprint density at radius 2 is 1.94 bits per heavy atom. The van der Waals surface area contributed by atoms with Crippen LogP contribution >= 0.6 is 0 Å². The molecule has 2 aromatic carbocycles. The van der Waals surface area contributed by atoms with Crippen molar-refractivity contribution in [1.82, 2.24) is 30.7 Å². The maximum atomic E-state index is 13.1. The van der Waals surface area contributed by atoms with Crippen molar-refractivity contribution in [2.45, 2.75) is 6.92 Å². The maximum absolute atomic E-state index is 13.1. The highest BCUT2D eigenvalue weighted by atomic mass is 16.6. The van der Waals surface area contributed by atoms with E-state index in [2.05, 4.69) is 35.8 Å². The molecule has 1 amide bonds. The number of hydrazone groups is 1. The SMILES string of the molecule is COc1cc(/C=N/NC(=O)c2c(-c3ccccc3)nnn2-c2nonc2N)ccc1OC(C)=O. The summed E-state index contributed by atoms with van der Waals surface area (Å²) in [4.78, 5) is 24.3. The molecule has 0 atom stereocenters. The Labute approximate surface area is 192 Å². The Morgan fingerprint density at radius 1 is 1.15 bits per heavy atom. The fourth-order valence-electron chi connectivity index (χ4n) is 2.98. The van der Waals surface area contributed by atoms with Crippen LogP contribution in [0.15, 0.2) is 58.3 Å². The molecule has 0 radical (unpaired) electrons. The molecule has 2 aromatic heterocycles. The van der Waals surface area contributed by atoms with E-state index in [-0.39, 0.29) is 28.8 Å². The van der Waals surface area contributed by atoms with Crippen LogP contribution in [0.1, 0.15) is 23.0 Å². The van der Waals surface area contributed by atoms with E-state index in [0.29, 0.717) is 16.9 Å². The Hall–Kier alpha value is -5.07. The minimum absolute atomic E-state index is 0.00890. The molecule has 2 heterocycles. The summed E-state index contributed by atoms with van der Waals surface area (Å²) >= 11 is 0. The highest BCUT2D eigenvalue weighted by Gasteiger charge is 2.25. The number of hydrogen-bond acceptors (Lipinski definition) is 11. The summed E-state index contributed by atoms with van der Waals surface area (Å²) in [6.45, 7) is 1.29. The van der Waals surface area contributed by atoms with Gasteiger partial charge in [0.2, 0.25) is 11.6 Å². The molecule has 0 aliphatic heterocycles.